The molecule has 116 valence electrons. The van der Waals surface area contributed by atoms with Crippen molar-refractivity contribution >= 4 is 17.3 Å². The fourth-order valence-electron chi connectivity index (χ4n) is 2.42. The second kappa shape index (κ2) is 7.04. The Morgan fingerprint density at radius 2 is 2.10 bits per heavy atom. The van der Waals surface area contributed by atoms with E-state index >= 15 is 0 Å². The first kappa shape index (κ1) is 16.0. The standard InChI is InChI=1S/C15H24N4OS/c1-10-9-19(7-6-8-20-5)15(16-10)18-12(3)14-11(2)17-13(4)21-14/h9,12H,6-8H2,1-5H3,(H,16,18). The van der Waals surface area contributed by atoms with E-state index in [1.54, 1.807) is 18.4 Å². The molecule has 0 amide bonds. The minimum absolute atomic E-state index is 0.208. The smallest absolute Gasteiger partial charge is 0.203 e. The summed E-state index contributed by atoms with van der Waals surface area (Å²) in [7, 11) is 1.73. The fraction of sp³-hybridized carbons (Fsp3) is 0.600. The third-order valence-electron chi connectivity index (χ3n) is 3.32. The topological polar surface area (TPSA) is 52.0 Å². The molecule has 2 aromatic heterocycles. The Balaban J connectivity index is 2.09. The molecule has 1 N–H and O–H groups in total. The maximum atomic E-state index is 5.12. The zero-order valence-electron chi connectivity index (χ0n) is 13.4. The summed E-state index contributed by atoms with van der Waals surface area (Å²) in [5.41, 5.74) is 2.13. The summed E-state index contributed by atoms with van der Waals surface area (Å²) < 4.78 is 7.28. The van der Waals surface area contributed by atoms with Gasteiger partial charge >= 0.3 is 0 Å². The van der Waals surface area contributed by atoms with Crippen LogP contribution in [0.25, 0.3) is 0 Å². The number of aromatic nitrogens is 3. The molecule has 2 aromatic rings. The van der Waals surface area contributed by atoms with E-state index in [1.165, 1.54) is 4.88 Å². The van der Waals surface area contributed by atoms with E-state index in [0.29, 0.717) is 0 Å². The van der Waals surface area contributed by atoms with Gasteiger partial charge in [-0.2, -0.15) is 0 Å². The zero-order valence-corrected chi connectivity index (χ0v) is 14.3. The Morgan fingerprint density at radius 1 is 1.33 bits per heavy atom. The molecule has 2 heterocycles. The quantitative estimate of drug-likeness (QED) is 0.796. The van der Waals surface area contributed by atoms with Gasteiger partial charge in [0.15, 0.2) is 0 Å². The van der Waals surface area contributed by atoms with Crippen molar-refractivity contribution in [3.63, 3.8) is 0 Å². The number of hydrogen-bond acceptors (Lipinski definition) is 5. The average molecular weight is 308 g/mol. The van der Waals surface area contributed by atoms with Crippen LogP contribution < -0.4 is 5.32 Å². The number of thiazole rings is 1. The molecule has 2 rings (SSSR count). The van der Waals surface area contributed by atoms with Crippen molar-refractivity contribution in [3.8, 4) is 0 Å². The van der Waals surface area contributed by atoms with E-state index in [0.717, 1.165) is 41.9 Å². The van der Waals surface area contributed by atoms with Crippen LogP contribution in [0.3, 0.4) is 0 Å². The van der Waals surface area contributed by atoms with E-state index in [-0.39, 0.29) is 6.04 Å². The molecule has 0 saturated carbocycles. The molecule has 0 aliphatic carbocycles. The van der Waals surface area contributed by atoms with Gasteiger partial charge in [-0.1, -0.05) is 0 Å². The fourth-order valence-corrected chi connectivity index (χ4v) is 3.35. The van der Waals surface area contributed by atoms with Gasteiger partial charge in [0, 0.05) is 31.3 Å². The van der Waals surface area contributed by atoms with Crippen molar-refractivity contribution < 1.29 is 4.74 Å². The van der Waals surface area contributed by atoms with Crippen LogP contribution in [0.4, 0.5) is 5.95 Å². The number of imidazole rings is 1. The predicted molar refractivity (Wildman–Crippen MR) is 87.1 cm³/mol. The van der Waals surface area contributed by atoms with E-state index in [2.05, 4.69) is 39.9 Å². The predicted octanol–water partition coefficient (Wildman–Crippen LogP) is 3.47. The Kier molecular flexibility index (Phi) is 5.36. The van der Waals surface area contributed by atoms with E-state index < -0.39 is 0 Å². The third kappa shape index (κ3) is 4.04. The van der Waals surface area contributed by atoms with Gasteiger partial charge in [-0.15, -0.1) is 11.3 Å². The number of ether oxygens (including phenoxy) is 1. The minimum Gasteiger partial charge on any atom is -0.385 e. The van der Waals surface area contributed by atoms with E-state index in [4.69, 9.17) is 4.74 Å². The molecular formula is C15H24N4OS. The number of hydrogen-bond donors (Lipinski definition) is 1. The Morgan fingerprint density at radius 3 is 2.71 bits per heavy atom. The molecule has 0 radical (unpaired) electrons. The molecule has 0 aliphatic rings. The molecule has 0 bridgehead atoms. The first-order chi connectivity index (χ1) is 10.0. The van der Waals surface area contributed by atoms with Crippen molar-refractivity contribution in [2.75, 3.05) is 19.0 Å². The van der Waals surface area contributed by atoms with Crippen LogP contribution in [0.15, 0.2) is 6.20 Å². The molecule has 6 heteroatoms. The summed E-state index contributed by atoms with van der Waals surface area (Å²) in [6, 6.07) is 0.208. The number of anilines is 1. The lowest BCUT2D eigenvalue weighted by Crippen LogP contribution is -2.12. The summed E-state index contributed by atoms with van der Waals surface area (Å²) in [5, 5.41) is 4.62. The van der Waals surface area contributed by atoms with Gasteiger partial charge in [0.25, 0.3) is 0 Å². The molecule has 0 spiro atoms. The summed E-state index contributed by atoms with van der Waals surface area (Å²) in [5.74, 6) is 0.918. The first-order valence-corrected chi connectivity index (χ1v) is 8.06. The number of nitrogens with one attached hydrogen (secondary N) is 1. The van der Waals surface area contributed by atoms with Gasteiger partial charge in [-0.3, -0.25) is 0 Å². The minimum atomic E-state index is 0.208. The van der Waals surface area contributed by atoms with Crippen molar-refractivity contribution in [2.45, 2.75) is 46.7 Å². The van der Waals surface area contributed by atoms with Crippen LogP contribution in [-0.2, 0) is 11.3 Å². The Bertz CT molecular complexity index is 591. The SMILES string of the molecule is COCCCn1cc(C)nc1NC(C)c1sc(C)nc1C. The van der Waals surface area contributed by atoms with Crippen LogP contribution in [-0.4, -0.2) is 28.3 Å². The summed E-state index contributed by atoms with van der Waals surface area (Å²) in [6.45, 7) is 9.95. The average Bonchev–Trinajstić information content (AvgIpc) is 2.92. The zero-order chi connectivity index (χ0) is 15.4. The monoisotopic (exact) mass is 308 g/mol. The molecule has 5 nitrogen and oxygen atoms in total. The lowest BCUT2D eigenvalue weighted by atomic mass is 10.2. The largest absolute Gasteiger partial charge is 0.385 e. The van der Waals surface area contributed by atoms with Crippen LogP contribution in [0.1, 0.15) is 40.7 Å². The maximum Gasteiger partial charge on any atom is 0.203 e. The van der Waals surface area contributed by atoms with Crippen LogP contribution in [0, 0.1) is 20.8 Å². The van der Waals surface area contributed by atoms with Crippen LogP contribution in [0.5, 0.6) is 0 Å². The Hall–Kier alpha value is -1.40. The Labute approximate surface area is 130 Å². The lowest BCUT2D eigenvalue weighted by molar-refractivity contribution is 0.190. The van der Waals surface area contributed by atoms with Crippen molar-refractivity contribution in [3.05, 3.63) is 27.5 Å². The lowest BCUT2D eigenvalue weighted by Gasteiger charge is -2.15. The van der Waals surface area contributed by atoms with Crippen LogP contribution in [0.2, 0.25) is 0 Å². The third-order valence-corrected chi connectivity index (χ3v) is 4.58. The van der Waals surface area contributed by atoms with Gasteiger partial charge in [-0.25, -0.2) is 9.97 Å². The molecule has 0 aromatic carbocycles. The van der Waals surface area contributed by atoms with Gasteiger partial charge in [-0.05, 0) is 34.1 Å². The summed E-state index contributed by atoms with van der Waals surface area (Å²) in [4.78, 5) is 10.4. The second-order valence-corrected chi connectivity index (χ2v) is 6.53. The molecular weight excluding hydrogens is 284 g/mol. The number of methoxy groups -OCH3 is 1. The summed E-state index contributed by atoms with van der Waals surface area (Å²) >= 11 is 1.75. The highest BCUT2D eigenvalue weighted by molar-refractivity contribution is 7.11. The normalized spacial score (nSPS) is 12.6. The van der Waals surface area contributed by atoms with Gasteiger partial charge < -0.3 is 14.6 Å². The van der Waals surface area contributed by atoms with Crippen molar-refractivity contribution in [1.29, 1.82) is 0 Å². The molecule has 1 atom stereocenters. The molecule has 0 saturated heterocycles. The second-order valence-electron chi connectivity index (χ2n) is 5.29. The maximum absolute atomic E-state index is 5.12. The van der Waals surface area contributed by atoms with E-state index in [9.17, 15) is 0 Å². The first-order valence-electron chi connectivity index (χ1n) is 7.24. The molecule has 21 heavy (non-hydrogen) atoms. The van der Waals surface area contributed by atoms with Gasteiger partial charge in [0.1, 0.15) is 0 Å². The van der Waals surface area contributed by atoms with Crippen molar-refractivity contribution in [1.82, 2.24) is 14.5 Å². The van der Waals surface area contributed by atoms with Gasteiger partial charge in [0.2, 0.25) is 5.95 Å². The number of aryl methyl sites for hydroxylation is 4. The highest BCUT2D eigenvalue weighted by Gasteiger charge is 2.15. The van der Waals surface area contributed by atoms with Gasteiger partial charge in [0.05, 0.1) is 22.4 Å². The summed E-state index contributed by atoms with van der Waals surface area (Å²) in [6.07, 6.45) is 3.06. The number of nitrogens with zero attached hydrogens (tertiary/aromatic N) is 3. The highest BCUT2D eigenvalue weighted by atomic mass is 32.1. The van der Waals surface area contributed by atoms with Crippen molar-refractivity contribution in [2.24, 2.45) is 0 Å². The van der Waals surface area contributed by atoms with Crippen LogP contribution >= 0.6 is 11.3 Å². The molecule has 1 unspecified atom stereocenters. The molecule has 0 fully saturated rings. The highest BCUT2D eigenvalue weighted by Crippen LogP contribution is 2.27. The number of rotatable bonds is 7. The van der Waals surface area contributed by atoms with E-state index in [1.807, 2.05) is 13.8 Å². The molecule has 0 aliphatic heterocycles.